The SMILES string of the molecule is Cc1cnc(-c2cc(N3CCc4nc(NC(=O)C(C)(C)C)ncc4[C@H]3C)ncc2Cl)c(C)c1. The Morgan fingerprint density at radius 3 is 2.58 bits per heavy atom. The Bertz CT molecular complexity index is 1220. The number of aryl methyl sites for hydroxylation is 2. The molecule has 0 aromatic carbocycles. The molecular weight excluding hydrogens is 436 g/mol. The minimum Gasteiger partial charge on any atom is -0.349 e. The van der Waals surface area contributed by atoms with E-state index in [4.69, 9.17) is 11.6 Å². The number of aromatic nitrogens is 4. The summed E-state index contributed by atoms with van der Waals surface area (Å²) in [5.74, 6) is 1.08. The Morgan fingerprint density at radius 2 is 1.88 bits per heavy atom. The van der Waals surface area contributed by atoms with Crippen molar-refractivity contribution in [2.45, 2.75) is 54.0 Å². The van der Waals surface area contributed by atoms with E-state index in [1.165, 1.54) is 0 Å². The van der Waals surface area contributed by atoms with Crippen molar-refractivity contribution < 1.29 is 4.79 Å². The standard InChI is InChI=1S/C25H29ClN6O/c1-14-9-15(2)22(28-11-14)17-10-21(27-13-19(17)26)32-8-7-20-18(16(32)3)12-29-24(30-20)31-23(33)25(4,5)6/h9-13,16H,7-8H2,1-6H3,(H,29,30,31,33)/t16-/m1/s1. The lowest BCUT2D eigenvalue weighted by molar-refractivity contribution is -0.123. The highest BCUT2D eigenvalue weighted by Gasteiger charge is 2.28. The summed E-state index contributed by atoms with van der Waals surface area (Å²) in [6.45, 7) is 12.5. The Hall–Kier alpha value is -3.06. The van der Waals surface area contributed by atoms with Gasteiger partial charge in [-0.25, -0.2) is 15.0 Å². The second-order valence-corrected chi connectivity index (χ2v) is 10.0. The summed E-state index contributed by atoms with van der Waals surface area (Å²) < 4.78 is 0. The molecule has 0 saturated heterocycles. The van der Waals surface area contributed by atoms with Crippen LogP contribution in [-0.4, -0.2) is 32.4 Å². The first-order valence-electron chi connectivity index (χ1n) is 11.1. The van der Waals surface area contributed by atoms with Gasteiger partial charge < -0.3 is 4.90 Å². The summed E-state index contributed by atoms with van der Waals surface area (Å²) in [5, 5.41) is 3.40. The van der Waals surface area contributed by atoms with Gasteiger partial charge in [0.1, 0.15) is 5.82 Å². The second kappa shape index (κ2) is 8.71. The fourth-order valence-electron chi connectivity index (χ4n) is 3.99. The third-order valence-corrected chi connectivity index (χ3v) is 6.22. The largest absolute Gasteiger partial charge is 0.349 e. The fourth-order valence-corrected chi connectivity index (χ4v) is 4.18. The lowest BCUT2D eigenvalue weighted by atomic mass is 9.96. The highest BCUT2D eigenvalue weighted by atomic mass is 35.5. The first-order chi connectivity index (χ1) is 15.5. The molecule has 1 atom stereocenters. The van der Waals surface area contributed by atoms with E-state index in [0.29, 0.717) is 11.0 Å². The van der Waals surface area contributed by atoms with Gasteiger partial charge in [0, 0.05) is 48.1 Å². The number of carbonyl (C=O) groups excluding carboxylic acids is 1. The molecule has 3 aromatic heterocycles. The van der Waals surface area contributed by atoms with Crippen molar-refractivity contribution in [3.63, 3.8) is 0 Å². The van der Waals surface area contributed by atoms with Crippen molar-refractivity contribution in [1.29, 1.82) is 0 Å². The van der Waals surface area contributed by atoms with Crippen LogP contribution < -0.4 is 10.2 Å². The Labute approximate surface area is 199 Å². The van der Waals surface area contributed by atoms with Crippen LogP contribution in [-0.2, 0) is 11.2 Å². The minimum absolute atomic E-state index is 0.0229. The Morgan fingerprint density at radius 1 is 1.12 bits per heavy atom. The second-order valence-electron chi connectivity index (χ2n) is 9.62. The van der Waals surface area contributed by atoms with Crippen LogP contribution in [0.1, 0.15) is 56.1 Å². The highest BCUT2D eigenvalue weighted by molar-refractivity contribution is 6.33. The first kappa shape index (κ1) is 23.1. The number of hydrogen-bond acceptors (Lipinski definition) is 6. The highest BCUT2D eigenvalue weighted by Crippen LogP contribution is 2.36. The van der Waals surface area contributed by atoms with E-state index in [1.807, 2.05) is 46.9 Å². The molecule has 172 valence electrons. The molecule has 0 radical (unpaired) electrons. The Kier molecular flexibility index (Phi) is 6.10. The summed E-state index contributed by atoms with van der Waals surface area (Å²) in [6, 6.07) is 4.13. The molecule has 0 spiro atoms. The van der Waals surface area contributed by atoms with Crippen LogP contribution >= 0.6 is 11.6 Å². The third kappa shape index (κ3) is 4.69. The van der Waals surface area contributed by atoms with E-state index in [2.05, 4.69) is 43.1 Å². The van der Waals surface area contributed by atoms with Gasteiger partial charge in [0.15, 0.2) is 0 Å². The molecule has 3 aromatic rings. The number of anilines is 2. The molecule has 8 heteroatoms. The van der Waals surface area contributed by atoms with E-state index in [0.717, 1.165) is 52.4 Å². The van der Waals surface area contributed by atoms with Gasteiger partial charge in [-0.05, 0) is 38.0 Å². The first-order valence-corrected chi connectivity index (χ1v) is 11.5. The molecule has 1 aliphatic heterocycles. The molecule has 4 heterocycles. The summed E-state index contributed by atoms with van der Waals surface area (Å²) in [5.41, 5.74) is 5.38. The fraction of sp³-hybridized carbons (Fsp3) is 0.400. The summed E-state index contributed by atoms with van der Waals surface area (Å²) in [7, 11) is 0. The molecular formula is C25H29ClN6O. The molecule has 33 heavy (non-hydrogen) atoms. The smallest absolute Gasteiger partial charge is 0.232 e. The van der Waals surface area contributed by atoms with Crippen molar-refractivity contribution >= 4 is 29.3 Å². The zero-order valence-corrected chi connectivity index (χ0v) is 20.7. The van der Waals surface area contributed by atoms with Gasteiger partial charge in [-0.2, -0.15) is 0 Å². The average molecular weight is 465 g/mol. The average Bonchev–Trinajstić information content (AvgIpc) is 2.74. The summed E-state index contributed by atoms with van der Waals surface area (Å²) >= 11 is 6.51. The van der Waals surface area contributed by atoms with E-state index in [1.54, 1.807) is 12.4 Å². The maximum atomic E-state index is 12.3. The molecule has 0 unspecified atom stereocenters. The summed E-state index contributed by atoms with van der Waals surface area (Å²) in [4.78, 5) is 32.8. The van der Waals surface area contributed by atoms with Crippen molar-refractivity contribution in [1.82, 2.24) is 19.9 Å². The molecule has 1 aliphatic rings. The quantitative estimate of drug-likeness (QED) is 0.565. The number of hydrogen-bond donors (Lipinski definition) is 1. The number of carbonyl (C=O) groups is 1. The zero-order chi connectivity index (χ0) is 23.9. The molecule has 4 rings (SSSR count). The van der Waals surface area contributed by atoms with Crippen molar-refractivity contribution in [2.24, 2.45) is 5.41 Å². The number of amides is 1. The van der Waals surface area contributed by atoms with Crippen LogP contribution in [0.5, 0.6) is 0 Å². The number of nitrogens with one attached hydrogen (secondary N) is 1. The van der Waals surface area contributed by atoms with Crippen LogP contribution in [0.15, 0.2) is 30.7 Å². The van der Waals surface area contributed by atoms with Gasteiger partial charge in [0.2, 0.25) is 11.9 Å². The number of halogens is 1. The van der Waals surface area contributed by atoms with E-state index in [-0.39, 0.29) is 11.9 Å². The van der Waals surface area contributed by atoms with Gasteiger partial charge in [-0.3, -0.25) is 15.1 Å². The van der Waals surface area contributed by atoms with Crippen molar-refractivity contribution in [3.05, 3.63) is 58.1 Å². The predicted octanol–water partition coefficient (Wildman–Crippen LogP) is 5.31. The maximum Gasteiger partial charge on any atom is 0.232 e. The van der Waals surface area contributed by atoms with E-state index < -0.39 is 5.41 Å². The van der Waals surface area contributed by atoms with Crippen LogP contribution in [0.25, 0.3) is 11.3 Å². The van der Waals surface area contributed by atoms with Crippen LogP contribution in [0.2, 0.25) is 5.02 Å². The molecule has 1 N–H and O–H groups in total. The molecule has 0 bridgehead atoms. The molecule has 0 saturated carbocycles. The molecule has 7 nitrogen and oxygen atoms in total. The van der Waals surface area contributed by atoms with E-state index >= 15 is 0 Å². The van der Waals surface area contributed by atoms with Gasteiger partial charge in [-0.15, -0.1) is 0 Å². The third-order valence-electron chi connectivity index (χ3n) is 5.92. The monoisotopic (exact) mass is 464 g/mol. The van der Waals surface area contributed by atoms with Crippen molar-refractivity contribution in [2.75, 3.05) is 16.8 Å². The molecule has 0 fully saturated rings. The lowest BCUT2D eigenvalue weighted by Crippen LogP contribution is -2.35. The number of rotatable bonds is 3. The lowest BCUT2D eigenvalue weighted by Gasteiger charge is -2.35. The number of fused-ring (bicyclic) bond motifs is 1. The zero-order valence-electron chi connectivity index (χ0n) is 19.9. The minimum atomic E-state index is -0.508. The predicted molar refractivity (Wildman–Crippen MR) is 132 cm³/mol. The van der Waals surface area contributed by atoms with Gasteiger partial charge in [-0.1, -0.05) is 38.4 Å². The number of pyridine rings is 2. The molecule has 1 amide bonds. The summed E-state index contributed by atoms with van der Waals surface area (Å²) in [6.07, 6.45) is 6.07. The van der Waals surface area contributed by atoms with Crippen LogP contribution in [0.4, 0.5) is 11.8 Å². The van der Waals surface area contributed by atoms with Gasteiger partial charge in [0.25, 0.3) is 0 Å². The van der Waals surface area contributed by atoms with Crippen molar-refractivity contribution in [3.8, 4) is 11.3 Å². The maximum absolute atomic E-state index is 12.3. The van der Waals surface area contributed by atoms with Gasteiger partial charge in [0.05, 0.1) is 22.5 Å². The molecule has 0 aliphatic carbocycles. The normalized spacial score (nSPS) is 15.8. The number of nitrogens with zero attached hydrogens (tertiary/aromatic N) is 5. The van der Waals surface area contributed by atoms with Crippen LogP contribution in [0.3, 0.4) is 0 Å². The van der Waals surface area contributed by atoms with E-state index in [9.17, 15) is 4.79 Å². The van der Waals surface area contributed by atoms with Crippen LogP contribution in [0, 0.1) is 19.3 Å². The topological polar surface area (TPSA) is 83.9 Å². The van der Waals surface area contributed by atoms with Gasteiger partial charge >= 0.3 is 0 Å². The Balaban J connectivity index is 1.62.